The van der Waals surface area contributed by atoms with Gasteiger partial charge in [-0.25, -0.2) is 4.57 Å². The number of aromatic nitrogens is 2. The normalized spacial score (nSPS) is 19.6. The molecule has 0 saturated carbocycles. The van der Waals surface area contributed by atoms with E-state index in [-0.39, 0.29) is 6.04 Å². The Bertz CT molecular complexity index is 1600. The van der Waals surface area contributed by atoms with Crippen LogP contribution in [-0.4, -0.2) is 0 Å². The maximum Gasteiger partial charge on any atom is 0.220 e. The third-order valence-electron chi connectivity index (χ3n) is 7.48. The van der Waals surface area contributed by atoms with Crippen LogP contribution >= 0.6 is 0 Å². The van der Waals surface area contributed by atoms with Gasteiger partial charge >= 0.3 is 0 Å². The fourth-order valence-corrected chi connectivity index (χ4v) is 6.09. The fraction of sp³-hybridized carbons (Fsp3) is 0.133. The van der Waals surface area contributed by atoms with E-state index in [0.717, 1.165) is 0 Å². The topological polar surface area (TPSA) is 7.76 Å². The zero-order chi connectivity index (χ0) is 21.4. The summed E-state index contributed by atoms with van der Waals surface area (Å²) in [6.07, 6.45) is 6.82. The summed E-state index contributed by atoms with van der Waals surface area (Å²) in [6, 6.07) is 29.3. The number of benzene rings is 3. The van der Waals surface area contributed by atoms with E-state index in [1.165, 1.54) is 55.2 Å². The Morgan fingerprint density at radius 1 is 0.719 bits per heavy atom. The van der Waals surface area contributed by atoms with Gasteiger partial charge in [0.05, 0.1) is 5.56 Å². The summed E-state index contributed by atoms with van der Waals surface area (Å²) in [4.78, 5) is 0. The molecule has 1 aliphatic carbocycles. The van der Waals surface area contributed by atoms with Crippen molar-refractivity contribution in [3.8, 4) is 11.1 Å². The molecule has 2 aromatic heterocycles. The molecule has 0 amide bonds. The first-order chi connectivity index (χ1) is 15.7. The third-order valence-corrected chi connectivity index (χ3v) is 7.48. The average Bonchev–Trinajstić information content (AvgIpc) is 2.90. The van der Waals surface area contributed by atoms with Crippen LogP contribution in [0, 0.1) is 0 Å². The van der Waals surface area contributed by atoms with E-state index in [0.29, 0.717) is 5.92 Å². The van der Waals surface area contributed by atoms with Crippen molar-refractivity contribution in [2.24, 2.45) is 7.05 Å². The molecule has 3 heterocycles. The van der Waals surface area contributed by atoms with Crippen molar-refractivity contribution in [2.75, 3.05) is 0 Å². The Morgan fingerprint density at radius 2 is 1.53 bits per heavy atom. The van der Waals surface area contributed by atoms with Gasteiger partial charge in [-0.2, -0.15) is 4.57 Å². The second-order valence-corrected chi connectivity index (χ2v) is 9.16. The number of nitrogens with zero attached hydrogens (tertiary/aromatic N) is 2. The number of pyridine rings is 2. The van der Waals surface area contributed by atoms with Gasteiger partial charge in [0.2, 0.25) is 11.2 Å². The highest BCUT2D eigenvalue weighted by molar-refractivity contribution is 6.07. The van der Waals surface area contributed by atoms with E-state index < -0.39 is 0 Å². The second-order valence-electron chi connectivity index (χ2n) is 9.16. The Kier molecular flexibility index (Phi) is 3.55. The standard InChI is InChI=1S/C30H24N2/c1-19-27-24-15-14-20-8-5-12-23(28(20)27)26(18-22-11-3-4-16-31(22)2)29(19)32-17-7-10-21-9-6-13-25(24)30(21)32/h3-19,29H,1-2H3/q+2. The van der Waals surface area contributed by atoms with Crippen molar-refractivity contribution in [3.05, 3.63) is 108 Å². The van der Waals surface area contributed by atoms with E-state index >= 15 is 0 Å². The summed E-state index contributed by atoms with van der Waals surface area (Å²) in [6.45, 7) is 2.41. The zero-order valence-corrected chi connectivity index (χ0v) is 18.3. The molecule has 0 radical (unpaired) electrons. The summed E-state index contributed by atoms with van der Waals surface area (Å²) in [5, 5.41) is 4.05. The molecule has 2 aliphatic rings. The Balaban J connectivity index is 1.70. The minimum Gasteiger partial charge on any atom is -0.202 e. The molecule has 0 spiro atoms. The van der Waals surface area contributed by atoms with Crippen molar-refractivity contribution in [2.45, 2.75) is 18.9 Å². The Labute approximate surface area is 187 Å². The largest absolute Gasteiger partial charge is 0.220 e. The fourth-order valence-electron chi connectivity index (χ4n) is 6.09. The third kappa shape index (κ3) is 2.24. The molecule has 2 nitrogen and oxygen atoms in total. The number of rotatable bonds is 1. The zero-order valence-electron chi connectivity index (χ0n) is 18.3. The molecule has 4 bridgehead atoms. The van der Waals surface area contributed by atoms with Crippen LogP contribution in [0.3, 0.4) is 0 Å². The molecule has 1 aliphatic heterocycles. The maximum absolute atomic E-state index is 2.53. The minimum atomic E-state index is 0.238. The van der Waals surface area contributed by atoms with E-state index in [2.05, 4.69) is 120 Å². The summed E-state index contributed by atoms with van der Waals surface area (Å²) in [7, 11) is 2.13. The minimum absolute atomic E-state index is 0.238. The molecule has 2 atom stereocenters. The van der Waals surface area contributed by atoms with Gasteiger partial charge in [0.15, 0.2) is 18.4 Å². The summed E-state index contributed by atoms with van der Waals surface area (Å²) in [5.74, 6) is 0.367. The van der Waals surface area contributed by atoms with Crippen LogP contribution in [0.4, 0.5) is 0 Å². The molecule has 7 rings (SSSR count). The molecular weight excluding hydrogens is 388 g/mol. The monoisotopic (exact) mass is 412 g/mol. The molecule has 152 valence electrons. The van der Waals surface area contributed by atoms with Crippen LogP contribution in [0.2, 0.25) is 0 Å². The lowest BCUT2D eigenvalue weighted by atomic mass is 9.73. The quantitative estimate of drug-likeness (QED) is 0.299. The average molecular weight is 413 g/mol. The number of aryl methyl sites for hydroxylation is 1. The van der Waals surface area contributed by atoms with E-state index in [4.69, 9.17) is 0 Å². The van der Waals surface area contributed by atoms with Crippen LogP contribution in [0.15, 0.2) is 91.3 Å². The van der Waals surface area contributed by atoms with E-state index in [1.807, 2.05) is 0 Å². The first kappa shape index (κ1) is 17.9. The number of hydrogen-bond donors (Lipinski definition) is 0. The van der Waals surface area contributed by atoms with Gasteiger partial charge in [0.1, 0.15) is 7.05 Å². The lowest BCUT2D eigenvalue weighted by Gasteiger charge is -2.30. The van der Waals surface area contributed by atoms with Gasteiger partial charge in [-0.3, -0.25) is 0 Å². The number of hydrogen-bond acceptors (Lipinski definition) is 0. The Hall–Kier alpha value is -3.78. The van der Waals surface area contributed by atoms with Crippen LogP contribution in [0.25, 0.3) is 44.5 Å². The van der Waals surface area contributed by atoms with Gasteiger partial charge < -0.3 is 0 Å². The number of para-hydroxylation sites is 1. The van der Waals surface area contributed by atoms with Crippen LogP contribution < -0.4 is 9.13 Å². The predicted octanol–water partition coefficient (Wildman–Crippen LogP) is 5.98. The lowest BCUT2D eigenvalue weighted by molar-refractivity contribution is -0.686. The van der Waals surface area contributed by atoms with Crippen LogP contribution in [-0.2, 0) is 7.05 Å². The number of allylic oxidation sites excluding steroid dienone is 1. The molecule has 0 saturated heterocycles. The molecular formula is C30H24N2+2. The van der Waals surface area contributed by atoms with Crippen LogP contribution in [0.1, 0.15) is 35.7 Å². The molecule has 2 heteroatoms. The van der Waals surface area contributed by atoms with Gasteiger partial charge in [0.25, 0.3) is 0 Å². The van der Waals surface area contributed by atoms with Crippen molar-refractivity contribution in [1.29, 1.82) is 0 Å². The second kappa shape index (κ2) is 6.37. The van der Waals surface area contributed by atoms with Gasteiger partial charge in [0, 0.05) is 41.2 Å². The van der Waals surface area contributed by atoms with E-state index in [9.17, 15) is 0 Å². The summed E-state index contributed by atoms with van der Waals surface area (Å²) >= 11 is 0. The molecule has 3 aromatic carbocycles. The van der Waals surface area contributed by atoms with E-state index in [1.54, 1.807) is 0 Å². The highest BCUT2D eigenvalue weighted by Gasteiger charge is 2.43. The molecule has 0 N–H and O–H groups in total. The highest BCUT2D eigenvalue weighted by Crippen LogP contribution is 2.52. The van der Waals surface area contributed by atoms with Crippen LogP contribution in [0.5, 0.6) is 0 Å². The van der Waals surface area contributed by atoms with Crippen molar-refractivity contribution in [3.63, 3.8) is 0 Å². The molecule has 2 unspecified atom stereocenters. The first-order valence-electron chi connectivity index (χ1n) is 11.4. The smallest absolute Gasteiger partial charge is 0.202 e. The number of fused-ring (bicyclic) bond motifs is 3. The summed E-state index contributed by atoms with van der Waals surface area (Å²) in [5.41, 5.74) is 9.53. The SMILES string of the molecule is CC1c2c3ccc4cccc(c24)C(=Cc2cccc[n+]2C)C1[n+]1cccc2cccc-3c21. The van der Waals surface area contributed by atoms with Crippen molar-refractivity contribution < 1.29 is 9.13 Å². The van der Waals surface area contributed by atoms with Gasteiger partial charge in [-0.05, 0) is 51.7 Å². The predicted molar refractivity (Wildman–Crippen MR) is 130 cm³/mol. The first-order valence-corrected chi connectivity index (χ1v) is 11.4. The van der Waals surface area contributed by atoms with Crippen molar-refractivity contribution >= 4 is 33.3 Å². The highest BCUT2D eigenvalue weighted by atomic mass is 15.0. The molecule has 32 heavy (non-hydrogen) atoms. The Morgan fingerprint density at radius 3 is 2.41 bits per heavy atom. The van der Waals surface area contributed by atoms with Gasteiger partial charge in [-0.15, -0.1) is 0 Å². The molecule has 5 aromatic rings. The molecule has 0 fully saturated rings. The lowest BCUT2D eigenvalue weighted by Crippen LogP contribution is -2.44. The summed E-state index contributed by atoms with van der Waals surface area (Å²) < 4.78 is 4.74. The van der Waals surface area contributed by atoms with Crippen molar-refractivity contribution in [1.82, 2.24) is 0 Å². The maximum atomic E-state index is 2.53. The van der Waals surface area contributed by atoms with Gasteiger partial charge in [-0.1, -0.05) is 43.3 Å².